The minimum atomic E-state index is -3.43. The van der Waals surface area contributed by atoms with Crippen molar-refractivity contribution in [2.75, 3.05) is 14.1 Å². The first kappa shape index (κ1) is 18.5. The molecule has 0 saturated carbocycles. The molecule has 0 bridgehead atoms. The Hall–Kier alpha value is -1.81. The molecular weight excluding hydrogens is 350 g/mol. The molecule has 7 nitrogen and oxygen atoms in total. The average molecular weight is 369 g/mol. The maximum Gasteiger partial charge on any atom is 0.324 e. The van der Waals surface area contributed by atoms with Crippen molar-refractivity contribution in [3.8, 4) is 0 Å². The number of nitrogens with zero attached hydrogens (tertiary/aromatic N) is 2. The highest BCUT2D eigenvalue weighted by atomic mass is 32.2. The molecule has 130 valence electrons. The maximum absolute atomic E-state index is 12.0. The van der Waals surface area contributed by atoms with Crippen molar-refractivity contribution in [1.82, 2.24) is 9.62 Å². The number of hydrogen-bond acceptors (Lipinski definition) is 6. The third kappa shape index (κ3) is 4.18. The van der Waals surface area contributed by atoms with Gasteiger partial charge in [0.15, 0.2) is 0 Å². The largest absolute Gasteiger partial charge is 0.324 e. The Balaban J connectivity index is 2.02. The summed E-state index contributed by atoms with van der Waals surface area (Å²) in [6, 6.07) is 8.24. The van der Waals surface area contributed by atoms with E-state index in [0.717, 1.165) is 22.5 Å². The molecule has 0 amide bonds. The molecular formula is C15H19N3O4S2. The molecule has 24 heavy (non-hydrogen) atoms. The summed E-state index contributed by atoms with van der Waals surface area (Å²) >= 11 is 1.10. The first-order valence-corrected chi connectivity index (χ1v) is 9.51. The molecule has 0 aliphatic rings. The number of nitrogens with one attached hydrogen (secondary N) is 1. The average Bonchev–Trinajstić information content (AvgIpc) is 3.02. The highest BCUT2D eigenvalue weighted by molar-refractivity contribution is 7.89. The Kier molecular flexibility index (Phi) is 5.70. The number of nitro groups is 1. The van der Waals surface area contributed by atoms with Crippen molar-refractivity contribution in [2.45, 2.75) is 24.4 Å². The number of thiophene rings is 1. The summed E-state index contributed by atoms with van der Waals surface area (Å²) in [5, 5.41) is 15.8. The van der Waals surface area contributed by atoms with Gasteiger partial charge in [0.25, 0.3) is 0 Å². The second-order valence-corrected chi connectivity index (χ2v) is 8.55. The van der Waals surface area contributed by atoms with Crippen LogP contribution in [0.3, 0.4) is 0 Å². The first-order chi connectivity index (χ1) is 11.2. The van der Waals surface area contributed by atoms with Gasteiger partial charge in [-0.15, -0.1) is 0 Å². The molecule has 0 aliphatic heterocycles. The predicted molar refractivity (Wildman–Crippen MR) is 93.5 cm³/mol. The number of rotatable bonds is 7. The fourth-order valence-corrected chi connectivity index (χ4v) is 3.71. The van der Waals surface area contributed by atoms with E-state index in [1.54, 1.807) is 35.7 Å². The molecule has 1 N–H and O–H groups in total. The van der Waals surface area contributed by atoms with Crippen LogP contribution in [0.15, 0.2) is 40.6 Å². The maximum atomic E-state index is 12.0. The van der Waals surface area contributed by atoms with Gasteiger partial charge in [0.2, 0.25) is 10.0 Å². The van der Waals surface area contributed by atoms with Crippen LogP contribution < -0.4 is 5.32 Å². The zero-order valence-electron chi connectivity index (χ0n) is 13.6. The molecule has 0 aliphatic carbocycles. The molecule has 1 aromatic carbocycles. The van der Waals surface area contributed by atoms with Gasteiger partial charge in [0, 0.05) is 38.1 Å². The van der Waals surface area contributed by atoms with Crippen molar-refractivity contribution < 1.29 is 13.3 Å². The van der Waals surface area contributed by atoms with E-state index in [-0.39, 0.29) is 15.9 Å². The Morgan fingerprint density at radius 3 is 2.42 bits per heavy atom. The van der Waals surface area contributed by atoms with Gasteiger partial charge in [-0.1, -0.05) is 23.5 Å². The topological polar surface area (TPSA) is 92.5 Å². The zero-order chi connectivity index (χ0) is 17.9. The lowest BCUT2D eigenvalue weighted by Crippen LogP contribution is -2.22. The van der Waals surface area contributed by atoms with Gasteiger partial charge in [0.05, 0.1) is 9.82 Å². The van der Waals surface area contributed by atoms with E-state index in [1.807, 2.05) is 6.92 Å². The molecule has 1 atom stereocenters. The smallest absolute Gasteiger partial charge is 0.306 e. The van der Waals surface area contributed by atoms with Crippen molar-refractivity contribution in [1.29, 1.82) is 0 Å². The van der Waals surface area contributed by atoms with E-state index >= 15 is 0 Å². The Morgan fingerprint density at radius 1 is 1.29 bits per heavy atom. The Bertz CT molecular complexity index is 813. The molecule has 1 aromatic heterocycles. The van der Waals surface area contributed by atoms with Gasteiger partial charge < -0.3 is 5.32 Å². The van der Waals surface area contributed by atoms with E-state index in [1.165, 1.54) is 18.4 Å². The normalized spacial score (nSPS) is 13.2. The molecule has 0 fully saturated rings. The van der Waals surface area contributed by atoms with Gasteiger partial charge in [-0.2, -0.15) is 0 Å². The van der Waals surface area contributed by atoms with E-state index in [9.17, 15) is 18.5 Å². The van der Waals surface area contributed by atoms with Crippen LogP contribution >= 0.6 is 11.3 Å². The van der Waals surface area contributed by atoms with Gasteiger partial charge in [-0.05, 0) is 30.2 Å². The summed E-state index contributed by atoms with van der Waals surface area (Å²) in [6.07, 6.45) is 0. The summed E-state index contributed by atoms with van der Waals surface area (Å²) in [5.74, 6) is 0. The summed E-state index contributed by atoms with van der Waals surface area (Å²) in [4.78, 5) is 10.5. The minimum absolute atomic E-state index is 0.0138. The minimum Gasteiger partial charge on any atom is -0.306 e. The van der Waals surface area contributed by atoms with Crippen LogP contribution in [-0.2, 0) is 16.6 Å². The number of hydrogen-bond donors (Lipinski definition) is 1. The summed E-state index contributed by atoms with van der Waals surface area (Å²) in [5.41, 5.74) is 1.79. The van der Waals surface area contributed by atoms with Crippen LogP contribution in [0.1, 0.15) is 24.1 Å². The highest BCUT2D eigenvalue weighted by Crippen LogP contribution is 2.23. The van der Waals surface area contributed by atoms with Crippen LogP contribution in [0.25, 0.3) is 0 Å². The quantitative estimate of drug-likeness (QED) is 0.598. The Morgan fingerprint density at radius 2 is 1.92 bits per heavy atom. The fourth-order valence-electron chi connectivity index (χ4n) is 2.08. The second kappa shape index (κ2) is 7.39. The molecule has 0 spiro atoms. The fraction of sp³-hybridized carbons (Fsp3) is 0.333. The summed E-state index contributed by atoms with van der Waals surface area (Å²) in [7, 11) is -0.443. The van der Waals surface area contributed by atoms with Crippen molar-refractivity contribution in [3.63, 3.8) is 0 Å². The molecule has 0 saturated heterocycles. The van der Waals surface area contributed by atoms with Gasteiger partial charge in [-0.3, -0.25) is 10.1 Å². The molecule has 1 heterocycles. The monoisotopic (exact) mass is 369 g/mol. The molecule has 0 radical (unpaired) electrons. The van der Waals surface area contributed by atoms with Crippen molar-refractivity contribution in [3.05, 3.63) is 57.0 Å². The van der Waals surface area contributed by atoms with Gasteiger partial charge in [-0.25, -0.2) is 12.7 Å². The third-order valence-corrected chi connectivity index (χ3v) is 6.35. The van der Waals surface area contributed by atoms with Crippen molar-refractivity contribution >= 4 is 26.4 Å². The standard InChI is InChI=1S/C15H19N3O4S2/c1-11(16-9-12-8-15(18(19)20)23-10-12)13-4-6-14(7-5-13)24(21,22)17(2)3/h4-8,10-11,16H,9H2,1-3H3. The van der Waals surface area contributed by atoms with Gasteiger partial charge >= 0.3 is 5.00 Å². The van der Waals surface area contributed by atoms with Crippen molar-refractivity contribution in [2.24, 2.45) is 0 Å². The molecule has 1 unspecified atom stereocenters. The van der Waals surface area contributed by atoms with Crippen LogP contribution in [-0.4, -0.2) is 31.7 Å². The third-order valence-electron chi connectivity index (χ3n) is 3.59. The predicted octanol–water partition coefficient (Wildman–Crippen LogP) is 2.76. The highest BCUT2D eigenvalue weighted by Gasteiger charge is 2.17. The SMILES string of the molecule is CC(NCc1csc([N+](=O)[O-])c1)c1ccc(S(=O)(=O)N(C)C)cc1. The molecule has 9 heteroatoms. The van der Waals surface area contributed by atoms with E-state index < -0.39 is 14.9 Å². The van der Waals surface area contributed by atoms with Crippen LogP contribution in [0.4, 0.5) is 5.00 Å². The van der Waals surface area contributed by atoms with Crippen LogP contribution in [0, 0.1) is 10.1 Å². The van der Waals surface area contributed by atoms with E-state index in [4.69, 9.17) is 0 Å². The summed E-state index contributed by atoms with van der Waals surface area (Å²) < 4.78 is 25.2. The Labute approximate surface area is 145 Å². The number of benzene rings is 1. The lowest BCUT2D eigenvalue weighted by atomic mass is 10.1. The van der Waals surface area contributed by atoms with Gasteiger partial charge in [0.1, 0.15) is 0 Å². The first-order valence-electron chi connectivity index (χ1n) is 7.19. The molecule has 2 aromatic rings. The van der Waals surface area contributed by atoms with Crippen LogP contribution in [0.5, 0.6) is 0 Å². The van der Waals surface area contributed by atoms with E-state index in [0.29, 0.717) is 6.54 Å². The lowest BCUT2D eigenvalue weighted by Gasteiger charge is -2.15. The molecule has 2 rings (SSSR count). The second-order valence-electron chi connectivity index (χ2n) is 5.51. The zero-order valence-corrected chi connectivity index (χ0v) is 15.2. The van der Waals surface area contributed by atoms with E-state index in [2.05, 4.69) is 5.32 Å². The lowest BCUT2D eigenvalue weighted by molar-refractivity contribution is -0.380. The summed E-state index contributed by atoms with van der Waals surface area (Å²) in [6.45, 7) is 2.46. The number of sulfonamides is 1. The van der Waals surface area contributed by atoms with Crippen LogP contribution in [0.2, 0.25) is 0 Å².